The van der Waals surface area contributed by atoms with Crippen LogP contribution < -0.4 is 10.1 Å². The first-order chi connectivity index (χ1) is 8.17. The first-order valence-corrected chi connectivity index (χ1v) is 7.02. The zero-order valence-corrected chi connectivity index (χ0v) is 11.4. The van der Waals surface area contributed by atoms with Crippen molar-refractivity contribution < 1.29 is 9.13 Å². The van der Waals surface area contributed by atoms with Crippen LogP contribution in [0.2, 0.25) is 0 Å². The van der Waals surface area contributed by atoms with Crippen LogP contribution in [0.15, 0.2) is 18.2 Å². The van der Waals surface area contributed by atoms with Crippen molar-refractivity contribution in [2.45, 2.75) is 25.1 Å². The Kier molecular flexibility index (Phi) is 6.37. The molecule has 2 nitrogen and oxygen atoms in total. The molecule has 0 saturated carbocycles. The van der Waals surface area contributed by atoms with Crippen LogP contribution in [0.1, 0.15) is 18.9 Å². The van der Waals surface area contributed by atoms with Crippen LogP contribution in [0.25, 0.3) is 0 Å². The normalized spacial score (nSPS) is 12.5. The van der Waals surface area contributed by atoms with E-state index < -0.39 is 0 Å². The highest BCUT2D eigenvalue weighted by Crippen LogP contribution is 2.17. The lowest BCUT2D eigenvalue weighted by atomic mass is 10.2. The van der Waals surface area contributed by atoms with Crippen molar-refractivity contribution in [2.24, 2.45) is 0 Å². The molecule has 0 aliphatic carbocycles. The highest BCUT2D eigenvalue weighted by atomic mass is 32.2. The predicted molar refractivity (Wildman–Crippen MR) is 72.3 cm³/mol. The largest absolute Gasteiger partial charge is 0.494 e. The van der Waals surface area contributed by atoms with Crippen LogP contribution in [-0.4, -0.2) is 25.2 Å². The zero-order chi connectivity index (χ0) is 12.7. The van der Waals surface area contributed by atoms with Crippen LogP contribution in [0.5, 0.6) is 5.75 Å². The summed E-state index contributed by atoms with van der Waals surface area (Å²) in [5.74, 6) is -0.00552. The van der Waals surface area contributed by atoms with Gasteiger partial charge in [0, 0.05) is 11.8 Å². The maximum Gasteiger partial charge on any atom is 0.165 e. The van der Waals surface area contributed by atoms with E-state index in [1.54, 1.807) is 6.07 Å². The number of halogens is 1. The molecule has 0 radical (unpaired) electrons. The molecular formula is C13H20FNOS. The molecule has 0 spiro atoms. The quantitative estimate of drug-likeness (QED) is 0.759. The molecule has 1 N–H and O–H groups in total. The van der Waals surface area contributed by atoms with Crippen molar-refractivity contribution in [3.63, 3.8) is 0 Å². The molecule has 0 aliphatic heterocycles. The van der Waals surface area contributed by atoms with E-state index in [-0.39, 0.29) is 5.82 Å². The Balaban J connectivity index is 2.34. The molecule has 17 heavy (non-hydrogen) atoms. The van der Waals surface area contributed by atoms with E-state index in [0.29, 0.717) is 17.5 Å². The SMILES string of the molecule is COc1ccc(CNCCC(C)SC)cc1F. The molecular weight excluding hydrogens is 237 g/mol. The highest BCUT2D eigenvalue weighted by Gasteiger charge is 2.03. The molecule has 0 bridgehead atoms. The lowest BCUT2D eigenvalue weighted by Crippen LogP contribution is -2.17. The van der Waals surface area contributed by atoms with E-state index in [1.165, 1.54) is 13.2 Å². The van der Waals surface area contributed by atoms with Crippen LogP contribution >= 0.6 is 11.8 Å². The third-order valence-corrected chi connectivity index (χ3v) is 3.72. The maximum absolute atomic E-state index is 13.4. The molecule has 0 aromatic heterocycles. The van der Waals surface area contributed by atoms with Gasteiger partial charge in [-0.15, -0.1) is 0 Å². The van der Waals surface area contributed by atoms with Gasteiger partial charge in [0.25, 0.3) is 0 Å². The summed E-state index contributed by atoms with van der Waals surface area (Å²) in [6, 6.07) is 5.06. The Morgan fingerprint density at radius 1 is 1.47 bits per heavy atom. The third-order valence-electron chi connectivity index (χ3n) is 2.68. The van der Waals surface area contributed by atoms with Crippen LogP contribution in [-0.2, 0) is 6.54 Å². The van der Waals surface area contributed by atoms with Crippen molar-refractivity contribution in [3.05, 3.63) is 29.6 Å². The van der Waals surface area contributed by atoms with Gasteiger partial charge in [0.05, 0.1) is 7.11 Å². The molecule has 1 atom stereocenters. The van der Waals surface area contributed by atoms with E-state index in [1.807, 2.05) is 17.8 Å². The first kappa shape index (κ1) is 14.3. The minimum atomic E-state index is -0.302. The fourth-order valence-electron chi connectivity index (χ4n) is 1.48. The minimum Gasteiger partial charge on any atom is -0.494 e. The summed E-state index contributed by atoms with van der Waals surface area (Å²) in [4.78, 5) is 0. The van der Waals surface area contributed by atoms with Crippen molar-refractivity contribution >= 4 is 11.8 Å². The summed E-state index contributed by atoms with van der Waals surface area (Å²) in [5, 5.41) is 3.97. The van der Waals surface area contributed by atoms with Crippen molar-refractivity contribution in [1.82, 2.24) is 5.32 Å². The molecule has 1 aromatic rings. The highest BCUT2D eigenvalue weighted by molar-refractivity contribution is 7.99. The Morgan fingerprint density at radius 3 is 2.82 bits per heavy atom. The van der Waals surface area contributed by atoms with Gasteiger partial charge in [-0.1, -0.05) is 13.0 Å². The number of hydrogen-bond acceptors (Lipinski definition) is 3. The molecule has 4 heteroatoms. The molecule has 0 aliphatic rings. The Bertz CT molecular complexity index is 346. The van der Waals surface area contributed by atoms with Crippen LogP contribution in [0.3, 0.4) is 0 Å². The second-order valence-corrected chi connectivity index (χ2v) is 5.26. The van der Waals surface area contributed by atoms with Crippen molar-refractivity contribution in [1.29, 1.82) is 0 Å². The Morgan fingerprint density at radius 2 is 2.24 bits per heavy atom. The van der Waals surface area contributed by atoms with E-state index in [0.717, 1.165) is 18.5 Å². The molecule has 0 saturated heterocycles. The van der Waals surface area contributed by atoms with Crippen molar-refractivity contribution in [2.75, 3.05) is 19.9 Å². The first-order valence-electron chi connectivity index (χ1n) is 5.73. The smallest absolute Gasteiger partial charge is 0.165 e. The molecule has 0 amide bonds. The Hall–Kier alpha value is -0.740. The van der Waals surface area contributed by atoms with Gasteiger partial charge in [-0.05, 0) is 36.9 Å². The summed E-state index contributed by atoms with van der Waals surface area (Å²) in [5.41, 5.74) is 0.945. The van der Waals surface area contributed by atoms with E-state index in [9.17, 15) is 4.39 Å². The zero-order valence-electron chi connectivity index (χ0n) is 10.6. The van der Waals surface area contributed by atoms with Gasteiger partial charge in [0.1, 0.15) is 0 Å². The van der Waals surface area contributed by atoms with Gasteiger partial charge < -0.3 is 10.1 Å². The van der Waals surface area contributed by atoms with Gasteiger partial charge in [0.2, 0.25) is 0 Å². The fourth-order valence-corrected chi connectivity index (χ4v) is 1.83. The van der Waals surface area contributed by atoms with Gasteiger partial charge in [0.15, 0.2) is 11.6 Å². The summed E-state index contributed by atoms with van der Waals surface area (Å²) in [6.07, 6.45) is 3.24. The molecule has 96 valence electrons. The number of hydrogen-bond donors (Lipinski definition) is 1. The van der Waals surface area contributed by atoms with E-state index in [2.05, 4.69) is 18.5 Å². The number of ether oxygens (including phenoxy) is 1. The van der Waals surface area contributed by atoms with Gasteiger partial charge in [-0.25, -0.2) is 4.39 Å². The lowest BCUT2D eigenvalue weighted by Gasteiger charge is -2.09. The average Bonchev–Trinajstić information content (AvgIpc) is 2.34. The van der Waals surface area contributed by atoms with Crippen molar-refractivity contribution in [3.8, 4) is 5.75 Å². The third kappa shape index (κ3) is 4.96. The standard InChI is InChI=1S/C13H20FNOS/c1-10(17-3)6-7-15-9-11-4-5-13(16-2)12(14)8-11/h4-5,8,10,15H,6-7,9H2,1-3H3. The van der Waals surface area contributed by atoms with Gasteiger partial charge in [-0.3, -0.25) is 0 Å². The molecule has 1 rings (SSSR count). The van der Waals surface area contributed by atoms with E-state index in [4.69, 9.17) is 4.74 Å². The number of methoxy groups -OCH3 is 1. The van der Waals surface area contributed by atoms with Crippen LogP contribution in [0.4, 0.5) is 4.39 Å². The Labute approximate surface area is 107 Å². The molecule has 0 fully saturated rings. The van der Waals surface area contributed by atoms with Crippen LogP contribution in [0, 0.1) is 5.82 Å². The average molecular weight is 257 g/mol. The second-order valence-electron chi connectivity index (χ2n) is 3.98. The van der Waals surface area contributed by atoms with E-state index >= 15 is 0 Å². The second kappa shape index (κ2) is 7.56. The monoisotopic (exact) mass is 257 g/mol. The minimum absolute atomic E-state index is 0.296. The summed E-state index contributed by atoms with van der Waals surface area (Å²) in [6.45, 7) is 3.86. The molecule has 1 aromatic carbocycles. The number of thioether (sulfide) groups is 1. The molecule has 1 unspecified atom stereocenters. The summed E-state index contributed by atoms with van der Waals surface area (Å²) >= 11 is 1.86. The number of rotatable bonds is 7. The molecule has 0 heterocycles. The fraction of sp³-hybridized carbons (Fsp3) is 0.538. The van der Waals surface area contributed by atoms with Gasteiger partial charge >= 0.3 is 0 Å². The summed E-state index contributed by atoms with van der Waals surface area (Å²) in [7, 11) is 1.47. The predicted octanol–water partition coefficient (Wildman–Crippen LogP) is 3.07. The number of benzene rings is 1. The topological polar surface area (TPSA) is 21.3 Å². The summed E-state index contributed by atoms with van der Waals surface area (Å²) < 4.78 is 18.3. The van der Waals surface area contributed by atoms with Gasteiger partial charge in [-0.2, -0.15) is 11.8 Å². The number of nitrogens with one attached hydrogen (secondary N) is 1. The lowest BCUT2D eigenvalue weighted by molar-refractivity contribution is 0.386. The maximum atomic E-state index is 13.4.